The Morgan fingerprint density at radius 2 is 2.00 bits per heavy atom. The molecule has 0 amide bonds. The second-order valence-electron chi connectivity index (χ2n) is 1.97. The van der Waals surface area contributed by atoms with E-state index in [0.29, 0.717) is 0 Å². The maximum atomic E-state index is 10.2. The lowest BCUT2D eigenvalue weighted by molar-refractivity contribution is -0.169. The van der Waals surface area contributed by atoms with Crippen LogP contribution in [0.2, 0.25) is 0 Å². The lowest BCUT2D eigenvalue weighted by atomic mass is 10.4. The average molecular weight is 147 g/mol. The van der Waals surface area contributed by atoms with Crippen LogP contribution in [0, 0.1) is 0 Å². The number of carbonyl (C=O) groups is 2. The summed E-state index contributed by atoms with van der Waals surface area (Å²) in [7, 11) is 0. The first-order valence-corrected chi connectivity index (χ1v) is 2.73. The minimum absolute atomic E-state index is 0.0803. The predicted octanol–water partition coefficient (Wildman–Crippen LogP) is -0.473. The van der Waals surface area contributed by atoms with Gasteiger partial charge in [0.1, 0.15) is 0 Å². The van der Waals surface area contributed by atoms with Gasteiger partial charge in [-0.2, -0.15) is 5.48 Å². The third-order valence-electron chi connectivity index (χ3n) is 0.562. The molecule has 0 rings (SSSR count). The average Bonchev–Trinajstić information content (AvgIpc) is 1.82. The van der Waals surface area contributed by atoms with E-state index in [1.807, 2.05) is 0 Å². The molecular formula is C5H9NO4. The van der Waals surface area contributed by atoms with Gasteiger partial charge >= 0.3 is 11.9 Å². The van der Waals surface area contributed by atoms with Crippen molar-refractivity contribution < 1.29 is 19.5 Å². The van der Waals surface area contributed by atoms with E-state index in [1.165, 1.54) is 0 Å². The molecule has 0 aromatic heterocycles. The molecule has 5 heteroatoms. The van der Waals surface area contributed by atoms with Gasteiger partial charge in [-0.15, -0.1) is 0 Å². The Bertz CT molecular complexity index is 143. The van der Waals surface area contributed by atoms with Gasteiger partial charge in [0, 0.05) is 6.04 Å². The van der Waals surface area contributed by atoms with Crippen LogP contribution in [0.5, 0.6) is 0 Å². The first-order chi connectivity index (χ1) is 4.54. The van der Waals surface area contributed by atoms with Gasteiger partial charge in [0.05, 0.1) is 0 Å². The van der Waals surface area contributed by atoms with Crippen molar-refractivity contribution in [1.82, 2.24) is 5.48 Å². The maximum Gasteiger partial charge on any atom is 0.435 e. The number of aliphatic carboxylic acids is 1. The summed E-state index contributed by atoms with van der Waals surface area (Å²) in [5.74, 6) is -2.90. The maximum absolute atomic E-state index is 10.2. The van der Waals surface area contributed by atoms with E-state index in [9.17, 15) is 9.59 Å². The van der Waals surface area contributed by atoms with Crippen molar-refractivity contribution in [2.24, 2.45) is 0 Å². The standard InChI is InChI=1S/C5H9NO4/c1-3(2)6-10-5(9)4(7)8/h3,6H,1-2H3,(H,7,8). The Balaban J connectivity index is 3.50. The molecule has 0 bridgehead atoms. The predicted molar refractivity (Wildman–Crippen MR) is 32.0 cm³/mol. The Morgan fingerprint density at radius 3 is 2.30 bits per heavy atom. The molecule has 0 aliphatic carbocycles. The van der Waals surface area contributed by atoms with E-state index < -0.39 is 11.9 Å². The molecule has 0 fully saturated rings. The Labute approximate surface area is 57.9 Å². The lowest BCUT2D eigenvalue weighted by Crippen LogP contribution is -2.30. The first kappa shape index (κ1) is 8.90. The number of hydrogen-bond donors (Lipinski definition) is 2. The molecule has 0 radical (unpaired) electrons. The summed E-state index contributed by atoms with van der Waals surface area (Å²) in [6, 6.07) is -0.0803. The Hall–Kier alpha value is -1.10. The fraction of sp³-hybridized carbons (Fsp3) is 0.600. The van der Waals surface area contributed by atoms with Crippen LogP contribution in [0.25, 0.3) is 0 Å². The molecule has 0 aliphatic heterocycles. The lowest BCUT2D eigenvalue weighted by Gasteiger charge is -2.04. The molecule has 0 spiro atoms. The zero-order valence-electron chi connectivity index (χ0n) is 5.75. The summed E-state index contributed by atoms with van der Waals surface area (Å²) in [4.78, 5) is 24.0. The molecule has 0 heterocycles. The number of carbonyl (C=O) groups excluding carboxylic acids is 1. The van der Waals surface area contributed by atoms with E-state index in [4.69, 9.17) is 5.11 Å². The van der Waals surface area contributed by atoms with Crippen LogP contribution in [-0.4, -0.2) is 23.1 Å². The number of nitrogens with one attached hydrogen (secondary N) is 1. The monoisotopic (exact) mass is 147 g/mol. The van der Waals surface area contributed by atoms with E-state index in [-0.39, 0.29) is 6.04 Å². The zero-order chi connectivity index (χ0) is 8.15. The fourth-order valence-electron chi connectivity index (χ4n) is 0.215. The van der Waals surface area contributed by atoms with Gasteiger partial charge < -0.3 is 9.94 Å². The smallest absolute Gasteiger partial charge is 0.435 e. The van der Waals surface area contributed by atoms with Crippen molar-refractivity contribution in [3.05, 3.63) is 0 Å². The second-order valence-corrected chi connectivity index (χ2v) is 1.97. The second kappa shape index (κ2) is 3.84. The van der Waals surface area contributed by atoms with Gasteiger partial charge in [-0.25, -0.2) is 9.59 Å². The molecular weight excluding hydrogens is 138 g/mol. The van der Waals surface area contributed by atoms with Crippen molar-refractivity contribution in [3.8, 4) is 0 Å². The minimum Gasteiger partial charge on any atom is -0.473 e. The molecule has 58 valence electrons. The minimum atomic E-state index is -1.60. The summed E-state index contributed by atoms with van der Waals surface area (Å²) in [5, 5.41) is 7.98. The van der Waals surface area contributed by atoms with Crippen molar-refractivity contribution in [1.29, 1.82) is 0 Å². The fourth-order valence-corrected chi connectivity index (χ4v) is 0.215. The van der Waals surface area contributed by atoms with Crippen molar-refractivity contribution in [2.45, 2.75) is 19.9 Å². The summed E-state index contributed by atoms with van der Waals surface area (Å²) in [5.41, 5.74) is 2.20. The van der Waals surface area contributed by atoms with Crippen LogP contribution >= 0.6 is 0 Å². The molecule has 0 saturated heterocycles. The van der Waals surface area contributed by atoms with Gasteiger partial charge in [-0.3, -0.25) is 0 Å². The summed E-state index contributed by atoms with van der Waals surface area (Å²) < 4.78 is 0. The molecule has 5 nitrogen and oxygen atoms in total. The van der Waals surface area contributed by atoms with Crippen LogP contribution in [0.3, 0.4) is 0 Å². The summed E-state index contributed by atoms with van der Waals surface area (Å²) in [6.45, 7) is 3.43. The Kier molecular flexibility index (Phi) is 3.42. The van der Waals surface area contributed by atoms with Crippen LogP contribution in [0.15, 0.2) is 0 Å². The number of carboxylic acids is 1. The van der Waals surface area contributed by atoms with E-state index in [0.717, 1.165) is 0 Å². The van der Waals surface area contributed by atoms with Crippen LogP contribution < -0.4 is 5.48 Å². The molecule has 0 saturated carbocycles. The number of carboxylic acid groups (broad SMARTS) is 1. The third kappa shape index (κ3) is 3.85. The van der Waals surface area contributed by atoms with Gasteiger partial charge in [-0.05, 0) is 13.8 Å². The molecule has 0 aromatic rings. The topological polar surface area (TPSA) is 75.6 Å². The normalized spacial score (nSPS) is 9.50. The molecule has 0 unspecified atom stereocenters. The quantitative estimate of drug-likeness (QED) is 0.408. The SMILES string of the molecule is CC(C)NOC(=O)C(=O)O. The van der Waals surface area contributed by atoms with Gasteiger partial charge in [-0.1, -0.05) is 0 Å². The highest BCUT2D eigenvalue weighted by atomic mass is 16.7. The van der Waals surface area contributed by atoms with E-state index in [1.54, 1.807) is 13.8 Å². The molecule has 0 aliphatic rings. The first-order valence-electron chi connectivity index (χ1n) is 2.73. The summed E-state index contributed by atoms with van der Waals surface area (Å²) in [6.07, 6.45) is 0. The largest absolute Gasteiger partial charge is 0.473 e. The molecule has 2 N–H and O–H groups in total. The third-order valence-corrected chi connectivity index (χ3v) is 0.562. The van der Waals surface area contributed by atoms with Gasteiger partial charge in [0.25, 0.3) is 0 Å². The van der Waals surface area contributed by atoms with Gasteiger partial charge in [0.15, 0.2) is 0 Å². The van der Waals surface area contributed by atoms with Crippen molar-refractivity contribution in [3.63, 3.8) is 0 Å². The highest BCUT2D eigenvalue weighted by Crippen LogP contribution is 1.78. The molecule has 0 aromatic carbocycles. The Morgan fingerprint density at radius 1 is 1.50 bits per heavy atom. The zero-order valence-corrected chi connectivity index (χ0v) is 5.75. The summed E-state index contributed by atoms with van der Waals surface area (Å²) >= 11 is 0. The number of hydrogen-bond acceptors (Lipinski definition) is 4. The van der Waals surface area contributed by atoms with Gasteiger partial charge in [0.2, 0.25) is 0 Å². The van der Waals surface area contributed by atoms with E-state index in [2.05, 4.69) is 10.3 Å². The molecule has 0 atom stereocenters. The van der Waals surface area contributed by atoms with Crippen LogP contribution in [-0.2, 0) is 14.4 Å². The van der Waals surface area contributed by atoms with Crippen LogP contribution in [0.4, 0.5) is 0 Å². The van der Waals surface area contributed by atoms with E-state index >= 15 is 0 Å². The molecule has 10 heavy (non-hydrogen) atoms. The number of rotatable bonds is 2. The van der Waals surface area contributed by atoms with Crippen LogP contribution in [0.1, 0.15) is 13.8 Å². The van der Waals surface area contributed by atoms with Crippen molar-refractivity contribution >= 4 is 11.9 Å². The highest BCUT2D eigenvalue weighted by molar-refractivity contribution is 6.28. The van der Waals surface area contributed by atoms with Crippen molar-refractivity contribution in [2.75, 3.05) is 0 Å². The highest BCUT2D eigenvalue weighted by Gasteiger charge is 2.12. The number of hydroxylamine groups is 1.